The molecular weight excluding hydrogens is 449 g/mol. The molecule has 1 aliphatic rings. The molecular formula is C25H29Cl2NO4. The van der Waals surface area contributed by atoms with E-state index < -0.39 is 29.6 Å². The first-order valence-electron chi connectivity index (χ1n) is 10.8. The number of likely N-dealkylation sites (tertiary alicyclic amines) is 1. The van der Waals surface area contributed by atoms with E-state index >= 15 is 0 Å². The van der Waals surface area contributed by atoms with Crippen LogP contribution in [0.1, 0.15) is 63.1 Å². The van der Waals surface area contributed by atoms with Crippen molar-refractivity contribution in [2.75, 3.05) is 0 Å². The normalized spacial score (nSPS) is 25.4. The lowest BCUT2D eigenvalue weighted by Crippen LogP contribution is -2.58. The Morgan fingerprint density at radius 2 is 1.81 bits per heavy atom. The van der Waals surface area contributed by atoms with E-state index in [2.05, 4.69) is 0 Å². The van der Waals surface area contributed by atoms with Crippen LogP contribution in [0, 0.1) is 5.41 Å². The fraction of sp³-hybridized carbons (Fsp3) is 0.440. The number of hydrogen-bond acceptors (Lipinski definition) is 3. The molecule has 0 aromatic heterocycles. The summed E-state index contributed by atoms with van der Waals surface area (Å²) >= 11 is 12.4. The number of benzene rings is 2. The van der Waals surface area contributed by atoms with Crippen LogP contribution >= 0.6 is 23.2 Å². The molecule has 1 heterocycles. The predicted molar refractivity (Wildman–Crippen MR) is 126 cm³/mol. The van der Waals surface area contributed by atoms with Crippen molar-refractivity contribution >= 4 is 35.1 Å². The quantitative estimate of drug-likeness (QED) is 0.536. The Kier molecular flexibility index (Phi) is 7.53. The third-order valence-corrected chi connectivity index (χ3v) is 6.95. The minimum atomic E-state index is -1.12. The van der Waals surface area contributed by atoms with Crippen molar-refractivity contribution in [3.63, 3.8) is 0 Å². The summed E-state index contributed by atoms with van der Waals surface area (Å²) in [6, 6.07) is 13.9. The summed E-state index contributed by atoms with van der Waals surface area (Å²) in [6.07, 6.45) is -0.202. The molecule has 1 fully saturated rings. The maximum Gasteiger partial charge on any atom is 0.304 e. The zero-order chi connectivity index (χ0) is 23.6. The number of carboxylic acid groups (broad SMARTS) is 1. The second kappa shape index (κ2) is 9.82. The fourth-order valence-electron chi connectivity index (χ4n) is 5.02. The van der Waals surface area contributed by atoms with Gasteiger partial charge in [-0.05, 0) is 55.2 Å². The molecule has 5 atom stereocenters. The van der Waals surface area contributed by atoms with Crippen LogP contribution in [0.5, 0.6) is 0 Å². The molecule has 5 nitrogen and oxygen atoms in total. The van der Waals surface area contributed by atoms with Crippen LogP contribution in [0.4, 0.5) is 0 Å². The number of carboxylic acids is 1. The largest absolute Gasteiger partial charge is 0.481 e. The molecule has 172 valence electrons. The minimum Gasteiger partial charge on any atom is -0.481 e. The zero-order valence-electron chi connectivity index (χ0n) is 18.5. The SMILES string of the molecule is CCC([C@@H](C)O)N1C(=O)[C@@](C)(CC(=O)O)CC(c2cccc(Cl)c2)C1c1ccc(Cl)cc1. The Labute approximate surface area is 199 Å². The van der Waals surface area contributed by atoms with Crippen molar-refractivity contribution in [1.82, 2.24) is 4.90 Å². The number of aliphatic carboxylic acids is 1. The van der Waals surface area contributed by atoms with Crippen LogP contribution in [0.3, 0.4) is 0 Å². The Morgan fingerprint density at radius 1 is 1.16 bits per heavy atom. The van der Waals surface area contributed by atoms with Gasteiger partial charge in [-0.3, -0.25) is 9.59 Å². The van der Waals surface area contributed by atoms with E-state index in [1.807, 2.05) is 37.3 Å². The number of carbonyl (C=O) groups is 2. The summed E-state index contributed by atoms with van der Waals surface area (Å²) in [4.78, 5) is 27.3. The van der Waals surface area contributed by atoms with Crippen LogP contribution in [0.15, 0.2) is 48.5 Å². The first-order valence-corrected chi connectivity index (χ1v) is 11.6. The molecule has 32 heavy (non-hydrogen) atoms. The summed E-state index contributed by atoms with van der Waals surface area (Å²) in [7, 11) is 0. The zero-order valence-corrected chi connectivity index (χ0v) is 20.0. The van der Waals surface area contributed by atoms with Gasteiger partial charge in [0, 0.05) is 16.0 Å². The predicted octanol–water partition coefficient (Wildman–Crippen LogP) is 5.69. The average Bonchev–Trinajstić information content (AvgIpc) is 2.71. The molecule has 2 aromatic carbocycles. The van der Waals surface area contributed by atoms with Gasteiger partial charge in [0.1, 0.15) is 0 Å². The van der Waals surface area contributed by atoms with E-state index in [4.69, 9.17) is 23.2 Å². The first kappa shape index (κ1) is 24.6. The molecule has 1 amide bonds. The van der Waals surface area contributed by atoms with Crippen LogP contribution in [-0.2, 0) is 9.59 Å². The smallest absolute Gasteiger partial charge is 0.304 e. The van der Waals surface area contributed by atoms with Gasteiger partial charge in [-0.2, -0.15) is 0 Å². The summed E-state index contributed by atoms with van der Waals surface area (Å²) in [5, 5.41) is 21.3. The highest BCUT2D eigenvalue weighted by Gasteiger charge is 2.52. The molecule has 0 radical (unpaired) electrons. The highest BCUT2D eigenvalue weighted by Crippen LogP contribution is 2.52. The maximum atomic E-state index is 13.9. The molecule has 3 unspecified atom stereocenters. The lowest BCUT2D eigenvalue weighted by atomic mass is 9.67. The third kappa shape index (κ3) is 4.95. The molecule has 0 aliphatic carbocycles. The Bertz CT molecular complexity index is 978. The van der Waals surface area contributed by atoms with Gasteiger partial charge in [0.2, 0.25) is 5.91 Å². The maximum absolute atomic E-state index is 13.9. The fourth-order valence-corrected chi connectivity index (χ4v) is 5.34. The summed E-state index contributed by atoms with van der Waals surface area (Å²) in [5.41, 5.74) is 0.681. The number of amides is 1. The summed E-state index contributed by atoms with van der Waals surface area (Å²) < 4.78 is 0. The van der Waals surface area contributed by atoms with E-state index in [9.17, 15) is 19.8 Å². The number of aliphatic hydroxyl groups excluding tert-OH is 1. The van der Waals surface area contributed by atoms with Crippen molar-refractivity contribution in [2.24, 2.45) is 5.41 Å². The van der Waals surface area contributed by atoms with Gasteiger partial charge in [0.25, 0.3) is 0 Å². The highest BCUT2D eigenvalue weighted by atomic mass is 35.5. The van der Waals surface area contributed by atoms with E-state index in [0.717, 1.165) is 11.1 Å². The van der Waals surface area contributed by atoms with E-state index in [-0.39, 0.29) is 18.2 Å². The number of piperidine rings is 1. The lowest BCUT2D eigenvalue weighted by Gasteiger charge is -2.52. The van der Waals surface area contributed by atoms with Gasteiger partial charge < -0.3 is 15.1 Å². The van der Waals surface area contributed by atoms with Crippen LogP contribution in [0.2, 0.25) is 10.0 Å². The number of carbonyl (C=O) groups excluding carboxylic acids is 1. The number of nitrogens with zero attached hydrogens (tertiary/aromatic N) is 1. The van der Waals surface area contributed by atoms with Gasteiger partial charge in [0.05, 0.1) is 30.0 Å². The Morgan fingerprint density at radius 3 is 2.34 bits per heavy atom. The minimum absolute atomic E-state index is 0.218. The van der Waals surface area contributed by atoms with Crippen LogP contribution < -0.4 is 0 Å². The molecule has 0 bridgehead atoms. The molecule has 3 rings (SSSR count). The molecule has 1 aliphatic heterocycles. The Hall–Kier alpha value is -2.08. The number of hydrogen-bond donors (Lipinski definition) is 2. The number of aliphatic hydroxyl groups is 1. The van der Waals surface area contributed by atoms with E-state index in [1.54, 1.807) is 36.9 Å². The molecule has 1 saturated heterocycles. The standard InChI is InChI=1S/C25H29Cl2NO4/c1-4-21(15(2)29)28-23(16-8-10-18(26)11-9-16)20(17-6-5-7-19(27)12-17)13-25(3,24(28)32)14-22(30)31/h5-12,15,20-21,23,29H,4,13-14H2,1-3H3,(H,30,31)/t15-,20?,21?,23?,25-/m1/s1. The first-order chi connectivity index (χ1) is 15.1. The van der Waals surface area contributed by atoms with E-state index in [0.29, 0.717) is 22.9 Å². The molecule has 7 heteroatoms. The molecule has 2 aromatic rings. The van der Waals surface area contributed by atoms with Crippen LogP contribution in [0.25, 0.3) is 0 Å². The third-order valence-electron chi connectivity index (χ3n) is 6.46. The topological polar surface area (TPSA) is 77.8 Å². The van der Waals surface area contributed by atoms with Gasteiger partial charge >= 0.3 is 5.97 Å². The summed E-state index contributed by atoms with van der Waals surface area (Å²) in [6.45, 7) is 5.29. The number of rotatable bonds is 7. The van der Waals surface area contributed by atoms with Gasteiger partial charge in [-0.1, -0.05) is 61.3 Å². The van der Waals surface area contributed by atoms with E-state index in [1.165, 1.54) is 0 Å². The number of halogens is 2. The van der Waals surface area contributed by atoms with Crippen molar-refractivity contribution in [3.8, 4) is 0 Å². The second-order valence-electron chi connectivity index (χ2n) is 8.92. The molecule has 0 saturated carbocycles. The van der Waals surface area contributed by atoms with Crippen LogP contribution in [-0.4, -0.2) is 39.1 Å². The average molecular weight is 478 g/mol. The molecule has 0 spiro atoms. The van der Waals surface area contributed by atoms with Crippen molar-refractivity contribution in [1.29, 1.82) is 0 Å². The van der Waals surface area contributed by atoms with Crippen molar-refractivity contribution < 1.29 is 19.8 Å². The van der Waals surface area contributed by atoms with Gasteiger partial charge in [0.15, 0.2) is 0 Å². The second-order valence-corrected chi connectivity index (χ2v) is 9.79. The van der Waals surface area contributed by atoms with Crippen molar-refractivity contribution in [2.45, 2.75) is 64.1 Å². The molecule has 2 N–H and O–H groups in total. The lowest BCUT2D eigenvalue weighted by molar-refractivity contribution is -0.163. The van der Waals surface area contributed by atoms with Gasteiger partial charge in [-0.15, -0.1) is 0 Å². The summed E-state index contributed by atoms with van der Waals surface area (Å²) in [5.74, 6) is -1.50. The van der Waals surface area contributed by atoms with Gasteiger partial charge in [-0.25, -0.2) is 0 Å². The van der Waals surface area contributed by atoms with Crippen molar-refractivity contribution in [3.05, 3.63) is 69.7 Å². The highest BCUT2D eigenvalue weighted by molar-refractivity contribution is 6.30. The Balaban J connectivity index is 2.25. The monoisotopic (exact) mass is 477 g/mol.